The van der Waals surface area contributed by atoms with Crippen LogP contribution in [0.15, 0.2) is 0 Å². The van der Waals surface area contributed by atoms with Gasteiger partial charge in [-0.1, -0.05) is 39.0 Å². The molecule has 0 atom stereocenters. The Morgan fingerprint density at radius 3 is 1.78 bits per heavy atom. The van der Waals surface area contributed by atoms with Gasteiger partial charge in [-0.3, -0.25) is 9.59 Å². The van der Waals surface area contributed by atoms with Crippen LogP contribution in [0, 0.1) is 0 Å². The molecule has 0 aliphatic carbocycles. The normalized spacial score (nSPS) is 10.3. The summed E-state index contributed by atoms with van der Waals surface area (Å²) < 4.78 is 4.58. The second kappa shape index (κ2) is 12.6. The molecule has 0 saturated carbocycles. The summed E-state index contributed by atoms with van der Waals surface area (Å²) in [4.78, 5) is 22.1. The number of unbranched alkanes of at least 4 members (excludes halogenated alkanes) is 6. The lowest BCUT2D eigenvalue weighted by molar-refractivity contribution is -0.140. The predicted octanol–water partition coefficient (Wildman–Crippen LogP) is 4.04. The van der Waals surface area contributed by atoms with Gasteiger partial charge in [0.2, 0.25) is 0 Å². The Labute approximate surface area is 111 Å². The van der Waals surface area contributed by atoms with Gasteiger partial charge < -0.3 is 4.74 Å². The molecule has 0 unspecified atom stereocenters. The Balaban J connectivity index is 3.12. The number of ketones is 1. The van der Waals surface area contributed by atoms with Crippen LogP contribution in [0.1, 0.15) is 77.6 Å². The Morgan fingerprint density at radius 2 is 1.28 bits per heavy atom. The van der Waals surface area contributed by atoms with Gasteiger partial charge in [-0.15, -0.1) is 0 Å². The van der Waals surface area contributed by atoms with Gasteiger partial charge in [0.15, 0.2) is 0 Å². The molecular formula is C15H28O3. The average Bonchev–Trinajstić information content (AvgIpc) is 2.36. The van der Waals surface area contributed by atoms with Crippen molar-refractivity contribution in [2.24, 2.45) is 0 Å². The molecule has 0 aromatic rings. The first-order chi connectivity index (χ1) is 8.70. The van der Waals surface area contributed by atoms with Crippen LogP contribution >= 0.6 is 0 Å². The fourth-order valence-electron chi connectivity index (χ4n) is 1.98. The molecule has 0 heterocycles. The van der Waals surface area contributed by atoms with Crippen molar-refractivity contribution in [2.75, 3.05) is 7.11 Å². The number of Topliss-reactive ketones (excluding diaryl/α,β-unsaturated/α-hetero) is 1. The van der Waals surface area contributed by atoms with Crippen LogP contribution in [0.5, 0.6) is 0 Å². The van der Waals surface area contributed by atoms with E-state index >= 15 is 0 Å². The van der Waals surface area contributed by atoms with Crippen LogP contribution < -0.4 is 0 Å². The molecule has 0 rings (SSSR count). The van der Waals surface area contributed by atoms with Gasteiger partial charge in [0.1, 0.15) is 5.78 Å². The molecular weight excluding hydrogens is 228 g/mol. The predicted molar refractivity (Wildman–Crippen MR) is 73.5 cm³/mol. The number of ether oxygens (including phenoxy) is 1. The number of methoxy groups -OCH3 is 1. The molecule has 0 saturated heterocycles. The largest absolute Gasteiger partial charge is 0.469 e. The fourth-order valence-corrected chi connectivity index (χ4v) is 1.98. The summed E-state index contributed by atoms with van der Waals surface area (Å²) in [5.41, 5.74) is 0. The highest BCUT2D eigenvalue weighted by Crippen LogP contribution is 2.10. The SMILES string of the molecule is CCCC(=O)CCCCCCCCCC(=O)OC. The second-order valence-corrected chi connectivity index (χ2v) is 4.84. The highest BCUT2D eigenvalue weighted by Gasteiger charge is 2.00. The van der Waals surface area contributed by atoms with E-state index < -0.39 is 0 Å². The Bertz CT molecular complexity index is 224. The number of hydrogen-bond acceptors (Lipinski definition) is 3. The minimum atomic E-state index is -0.107. The monoisotopic (exact) mass is 256 g/mol. The van der Waals surface area contributed by atoms with E-state index in [-0.39, 0.29) is 5.97 Å². The summed E-state index contributed by atoms with van der Waals surface area (Å²) in [6.45, 7) is 2.05. The van der Waals surface area contributed by atoms with Crippen molar-refractivity contribution in [1.82, 2.24) is 0 Å². The lowest BCUT2D eigenvalue weighted by atomic mass is 10.0. The molecule has 3 nitrogen and oxygen atoms in total. The van der Waals surface area contributed by atoms with Crippen LogP contribution in [-0.4, -0.2) is 18.9 Å². The molecule has 0 radical (unpaired) electrons. The van der Waals surface area contributed by atoms with Crippen LogP contribution in [0.4, 0.5) is 0 Å². The van der Waals surface area contributed by atoms with Crippen molar-refractivity contribution < 1.29 is 14.3 Å². The highest BCUT2D eigenvalue weighted by atomic mass is 16.5. The van der Waals surface area contributed by atoms with Gasteiger partial charge >= 0.3 is 5.97 Å². The lowest BCUT2D eigenvalue weighted by Gasteiger charge is -2.02. The van der Waals surface area contributed by atoms with Gasteiger partial charge in [0, 0.05) is 19.3 Å². The Kier molecular flexibility index (Phi) is 12.0. The van der Waals surface area contributed by atoms with E-state index in [1.807, 2.05) is 6.92 Å². The molecule has 106 valence electrons. The summed E-state index contributed by atoms with van der Waals surface area (Å²) in [5.74, 6) is 0.306. The van der Waals surface area contributed by atoms with Gasteiger partial charge in [0.25, 0.3) is 0 Å². The van der Waals surface area contributed by atoms with Crippen molar-refractivity contribution in [2.45, 2.75) is 77.6 Å². The molecule has 0 fully saturated rings. The van der Waals surface area contributed by atoms with E-state index in [0.29, 0.717) is 12.2 Å². The maximum absolute atomic E-state index is 11.3. The number of carbonyl (C=O) groups is 2. The van der Waals surface area contributed by atoms with E-state index in [4.69, 9.17) is 0 Å². The number of esters is 1. The molecule has 3 heteroatoms. The third-order valence-electron chi connectivity index (χ3n) is 3.09. The molecule has 0 bridgehead atoms. The average molecular weight is 256 g/mol. The first-order valence-electron chi connectivity index (χ1n) is 7.29. The fraction of sp³-hybridized carbons (Fsp3) is 0.867. The zero-order valence-corrected chi connectivity index (χ0v) is 12.0. The quantitative estimate of drug-likeness (QED) is 0.391. The zero-order valence-electron chi connectivity index (χ0n) is 12.0. The summed E-state index contributed by atoms with van der Waals surface area (Å²) in [6.07, 6.45) is 10.9. The smallest absolute Gasteiger partial charge is 0.305 e. The highest BCUT2D eigenvalue weighted by molar-refractivity contribution is 5.78. The van der Waals surface area contributed by atoms with Gasteiger partial charge in [-0.2, -0.15) is 0 Å². The van der Waals surface area contributed by atoms with Crippen LogP contribution in [0.25, 0.3) is 0 Å². The Hall–Kier alpha value is -0.860. The van der Waals surface area contributed by atoms with E-state index in [2.05, 4.69) is 4.74 Å². The van der Waals surface area contributed by atoms with Crippen molar-refractivity contribution in [3.63, 3.8) is 0 Å². The van der Waals surface area contributed by atoms with Crippen molar-refractivity contribution in [1.29, 1.82) is 0 Å². The topological polar surface area (TPSA) is 43.4 Å². The van der Waals surface area contributed by atoms with E-state index in [1.165, 1.54) is 26.4 Å². The summed E-state index contributed by atoms with van der Waals surface area (Å²) in [7, 11) is 1.43. The van der Waals surface area contributed by atoms with Crippen LogP contribution in [0.2, 0.25) is 0 Å². The van der Waals surface area contributed by atoms with E-state index in [9.17, 15) is 9.59 Å². The van der Waals surface area contributed by atoms with Crippen LogP contribution in [-0.2, 0) is 14.3 Å². The molecule has 0 N–H and O–H groups in total. The van der Waals surface area contributed by atoms with Gasteiger partial charge in [-0.25, -0.2) is 0 Å². The van der Waals surface area contributed by atoms with Crippen molar-refractivity contribution >= 4 is 11.8 Å². The minimum Gasteiger partial charge on any atom is -0.469 e. The summed E-state index contributed by atoms with van der Waals surface area (Å²) in [5, 5.41) is 0. The lowest BCUT2D eigenvalue weighted by Crippen LogP contribution is -1.99. The number of carbonyl (C=O) groups excluding carboxylic acids is 2. The van der Waals surface area contributed by atoms with E-state index in [0.717, 1.165) is 44.9 Å². The standard InChI is InChI=1S/C15H28O3/c1-3-11-14(16)12-9-7-5-4-6-8-10-13-15(17)18-2/h3-13H2,1-2H3. The first-order valence-corrected chi connectivity index (χ1v) is 7.29. The number of hydrogen-bond donors (Lipinski definition) is 0. The third kappa shape index (κ3) is 11.6. The molecule has 0 aromatic carbocycles. The maximum atomic E-state index is 11.3. The number of rotatable bonds is 12. The van der Waals surface area contributed by atoms with Crippen LogP contribution in [0.3, 0.4) is 0 Å². The van der Waals surface area contributed by atoms with Crippen molar-refractivity contribution in [3.05, 3.63) is 0 Å². The third-order valence-corrected chi connectivity index (χ3v) is 3.09. The molecule has 0 aromatic heterocycles. The van der Waals surface area contributed by atoms with Crippen molar-refractivity contribution in [3.8, 4) is 0 Å². The van der Waals surface area contributed by atoms with Gasteiger partial charge in [-0.05, 0) is 19.3 Å². The molecule has 0 aliphatic rings. The maximum Gasteiger partial charge on any atom is 0.305 e. The molecule has 0 spiro atoms. The molecule has 18 heavy (non-hydrogen) atoms. The summed E-state index contributed by atoms with van der Waals surface area (Å²) in [6, 6.07) is 0. The summed E-state index contributed by atoms with van der Waals surface area (Å²) >= 11 is 0. The first kappa shape index (κ1) is 17.1. The molecule has 0 aliphatic heterocycles. The zero-order chi connectivity index (χ0) is 13.6. The second-order valence-electron chi connectivity index (χ2n) is 4.84. The Morgan fingerprint density at radius 1 is 0.778 bits per heavy atom. The minimum absolute atomic E-state index is 0.107. The molecule has 0 amide bonds. The van der Waals surface area contributed by atoms with Gasteiger partial charge in [0.05, 0.1) is 7.11 Å². The van der Waals surface area contributed by atoms with E-state index in [1.54, 1.807) is 0 Å².